The molecule has 144 heavy (non-hydrogen) atoms. The van der Waals surface area contributed by atoms with Gasteiger partial charge in [0.15, 0.2) is 0 Å². The standard InChI is InChI=1S/3C47H32O/c1-47(2)41-21-10-8-15-32(41)39-28-31(24-26-42(39)47)44-34-17-6-7-18-35(34)45(36-25-23-30(27-40(36)44)29-13-4-3-5-14-29)38-20-12-19-37-33-16-9-11-22-43(33)48-46(37)38;1-47(2)40-20-10-8-15-32(40)38-28-31(24-26-41(38)47)44-33-16-6-7-17-34(33)45(35-25-23-30(27-39(35)44)29-13-4-3-5-14-29)37-19-12-22-43-46(37)36-18-9-11-21-42(36)48-43;1-47(2)41-18-10-8-14-33(41)38-27-31(21-24-42(38)47)46-36-17-7-6-16-35(36)45(37-23-20-30(26-40(37)46)29-12-4-3-5-13-29)32-22-25-44-39(28-32)34-15-9-11-19-43(34)48-44/h3*3-28H,1-2H3. The normalized spacial score (nSPS) is 13.4. The zero-order chi connectivity index (χ0) is 96.0. The molecule has 30 rings (SSSR count). The molecule has 3 aliphatic rings. The Morgan fingerprint density at radius 2 is 0.389 bits per heavy atom. The molecular weight excluding hydrogens is 1740 g/mol. The van der Waals surface area contributed by atoms with Crippen molar-refractivity contribution in [2.75, 3.05) is 0 Å². The van der Waals surface area contributed by atoms with E-state index in [0.29, 0.717) is 0 Å². The molecule has 3 aromatic heterocycles. The van der Waals surface area contributed by atoms with Crippen molar-refractivity contribution >= 4 is 130 Å². The van der Waals surface area contributed by atoms with Crippen LogP contribution in [0.5, 0.6) is 0 Å². The number of benzene rings is 24. The first-order chi connectivity index (χ1) is 70.7. The van der Waals surface area contributed by atoms with Crippen molar-refractivity contribution < 1.29 is 13.3 Å². The highest BCUT2D eigenvalue weighted by Crippen LogP contribution is 2.58. The second kappa shape index (κ2) is 32.7. The third kappa shape index (κ3) is 13.1. The van der Waals surface area contributed by atoms with Crippen molar-refractivity contribution in [3.63, 3.8) is 0 Å². The van der Waals surface area contributed by atoms with Crippen LogP contribution in [-0.2, 0) is 16.2 Å². The van der Waals surface area contributed by atoms with Gasteiger partial charge in [-0.15, -0.1) is 0 Å². The number of rotatable bonds is 9. The lowest BCUT2D eigenvalue weighted by atomic mass is 9.81. The van der Waals surface area contributed by atoms with Crippen LogP contribution in [0.2, 0.25) is 0 Å². The van der Waals surface area contributed by atoms with Crippen LogP contribution < -0.4 is 0 Å². The van der Waals surface area contributed by atoms with Crippen molar-refractivity contribution in [2.45, 2.75) is 57.8 Å². The van der Waals surface area contributed by atoms with Crippen LogP contribution in [0.1, 0.15) is 74.9 Å². The van der Waals surface area contributed by atoms with Crippen LogP contribution in [0, 0.1) is 0 Å². The first kappa shape index (κ1) is 84.3. The van der Waals surface area contributed by atoms with Crippen LogP contribution in [0.15, 0.2) is 486 Å². The zero-order valence-corrected chi connectivity index (χ0v) is 80.8. The molecule has 3 heteroatoms. The molecule has 3 aliphatic carbocycles. The van der Waals surface area contributed by atoms with Gasteiger partial charge in [-0.25, -0.2) is 0 Å². The Hall–Kier alpha value is -17.8. The SMILES string of the molecule is CC1(C)c2ccccc2-c2cc(-c3c4ccccc4c(-c4ccc5oc6ccccc6c5c4)c4ccc(-c5ccccc5)cc34)ccc21.CC1(C)c2ccccc2-c2cc(-c3c4ccccc4c(-c4cccc5c4oc4ccccc45)c4ccc(-c5ccccc5)cc34)ccc21.CC1(C)c2ccccc2-c2cc(-c3c4ccccc4c(-c4cccc5oc6ccccc6c45)c4ccc(-c5ccccc5)cc34)ccc21. The second-order valence-electron chi connectivity index (χ2n) is 40.9. The Morgan fingerprint density at radius 1 is 0.132 bits per heavy atom. The predicted molar refractivity (Wildman–Crippen MR) is 608 cm³/mol. The minimum absolute atomic E-state index is 0.0329. The Morgan fingerprint density at radius 3 is 0.826 bits per heavy atom. The van der Waals surface area contributed by atoms with E-state index in [1.54, 1.807) is 0 Å². The summed E-state index contributed by atoms with van der Waals surface area (Å²) >= 11 is 0. The fraction of sp³-hybridized carbons (Fsp3) is 0.0638. The van der Waals surface area contributed by atoms with E-state index in [2.05, 4.69) is 497 Å². The molecule has 0 unspecified atom stereocenters. The first-order valence-electron chi connectivity index (χ1n) is 50.3. The summed E-state index contributed by atoms with van der Waals surface area (Å²) in [6.45, 7) is 14.1. The summed E-state index contributed by atoms with van der Waals surface area (Å²) in [6, 6.07) is 173. The van der Waals surface area contributed by atoms with Crippen LogP contribution in [0.25, 0.3) is 264 Å². The summed E-state index contributed by atoms with van der Waals surface area (Å²) in [4.78, 5) is 0. The lowest BCUT2D eigenvalue weighted by Crippen LogP contribution is -2.14. The van der Waals surface area contributed by atoms with Crippen molar-refractivity contribution in [1.29, 1.82) is 0 Å². The fourth-order valence-corrected chi connectivity index (χ4v) is 25.2. The van der Waals surface area contributed by atoms with E-state index in [-0.39, 0.29) is 16.2 Å². The van der Waals surface area contributed by atoms with Crippen LogP contribution in [-0.4, -0.2) is 0 Å². The summed E-state index contributed by atoms with van der Waals surface area (Å²) in [5.74, 6) is 0. The molecule has 0 atom stereocenters. The van der Waals surface area contributed by atoms with Gasteiger partial charge in [0.2, 0.25) is 0 Å². The van der Waals surface area contributed by atoms with Gasteiger partial charge in [0.25, 0.3) is 0 Å². The number of furan rings is 3. The number of para-hydroxylation sites is 4. The third-order valence-electron chi connectivity index (χ3n) is 32.0. The van der Waals surface area contributed by atoms with Crippen molar-refractivity contribution in [3.8, 4) is 134 Å². The third-order valence-corrected chi connectivity index (χ3v) is 32.0. The Labute approximate surface area is 835 Å². The van der Waals surface area contributed by atoms with Crippen LogP contribution in [0.3, 0.4) is 0 Å². The summed E-state index contributed by atoms with van der Waals surface area (Å²) in [7, 11) is 0. The molecule has 0 amide bonds. The molecule has 3 heterocycles. The highest BCUT2D eigenvalue weighted by molar-refractivity contribution is 6.29. The highest BCUT2D eigenvalue weighted by atomic mass is 16.3. The summed E-state index contributed by atoms with van der Waals surface area (Å²) in [5, 5.41) is 21.8. The Balaban J connectivity index is 0.000000105. The molecular formula is C141H96O3. The van der Waals surface area contributed by atoms with Gasteiger partial charge < -0.3 is 13.3 Å². The maximum atomic E-state index is 6.65. The lowest BCUT2D eigenvalue weighted by molar-refractivity contribution is 0.660. The molecule has 0 saturated carbocycles. The Bertz CT molecular complexity index is 10000. The van der Waals surface area contributed by atoms with Gasteiger partial charge in [-0.05, 0) is 293 Å². The Kier molecular flexibility index (Phi) is 19.1. The van der Waals surface area contributed by atoms with Crippen molar-refractivity contribution in [2.24, 2.45) is 0 Å². The molecule has 24 aromatic carbocycles. The quantitative estimate of drug-likeness (QED) is 0.135. The lowest BCUT2D eigenvalue weighted by Gasteiger charge is -2.22. The molecule has 678 valence electrons. The average Bonchev–Trinajstić information content (AvgIpc) is 1.32. The van der Waals surface area contributed by atoms with Gasteiger partial charge in [-0.1, -0.05) is 442 Å². The van der Waals surface area contributed by atoms with Gasteiger partial charge in [0.1, 0.15) is 33.5 Å². The van der Waals surface area contributed by atoms with E-state index >= 15 is 0 Å². The van der Waals surface area contributed by atoms with E-state index < -0.39 is 0 Å². The fourth-order valence-electron chi connectivity index (χ4n) is 25.2. The van der Waals surface area contributed by atoms with E-state index in [9.17, 15) is 0 Å². The molecule has 0 bridgehead atoms. The number of fused-ring (bicyclic) bond motifs is 24. The topological polar surface area (TPSA) is 39.4 Å². The molecule has 0 aliphatic heterocycles. The highest BCUT2D eigenvalue weighted by Gasteiger charge is 2.40. The van der Waals surface area contributed by atoms with E-state index in [1.165, 1.54) is 226 Å². The van der Waals surface area contributed by atoms with Gasteiger partial charge in [-0.2, -0.15) is 0 Å². The molecule has 0 N–H and O–H groups in total. The van der Waals surface area contributed by atoms with Gasteiger partial charge in [-0.3, -0.25) is 0 Å². The molecule has 0 saturated heterocycles. The maximum absolute atomic E-state index is 6.65. The molecule has 3 nitrogen and oxygen atoms in total. The van der Waals surface area contributed by atoms with Crippen molar-refractivity contribution in [3.05, 3.63) is 507 Å². The molecule has 27 aromatic rings. The van der Waals surface area contributed by atoms with Crippen LogP contribution in [0.4, 0.5) is 0 Å². The molecule has 0 radical (unpaired) electrons. The molecule has 0 fully saturated rings. The van der Waals surface area contributed by atoms with Crippen molar-refractivity contribution in [1.82, 2.24) is 0 Å². The summed E-state index contributed by atoms with van der Waals surface area (Å²) in [6.07, 6.45) is 0. The van der Waals surface area contributed by atoms with E-state index in [4.69, 9.17) is 13.3 Å². The second-order valence-corrected chi connectivity index (χ2v) is 40.9. The largest absolute Gasteiger partial charge is 0.456 e. The number of hydrogen-bond acceptors (Lipinski definition) is 3. The number of hydrogen-bond donors (Lipinski definition) is 0. The van der Waals surface area contributed by atoms with E-state index in [0.717, 1.165) is 71.4 Å². The predicted octanol–water partition coefficient (Wildman–Crippen LogP) is 39.6. The van der Waals surface area contributed by atoms with Crippen LogP contribution >= 0.6 is 0 Å². The summed E-state index contributed by atoms with van der Waals surface area (Å²) < 4.78 is 19.3. The van der Waals surface area contributed by atoms with Gasteiger partial charge in [0, 0.05) is 59.7 Å². The minimum Gasteiger partial charge on any atom is -0.456 e. The zero-order valence-electron chi connectivity index (χ0n) is 80.8. The maximum Gasteiger partial charge on any atom is 0.143 e. The molecule has 0 spiro atoms. The van der Waals surface area contributed by atoms with Gasteiger partial charge in [0.05, 0.1) is 0 Å². The average molecular weight is 1840 g/mol. The minimum atomic E-state index is -0.0375. The smallest absolute Gasteiger partial charge is 0.143 e. The summed E-state index contributed by atoms with van der Waals surface area (Å²) in [5.41, 5.74) is 43.8. The van der Waals surface area contributed by atoms with Gasteiger partial charge >= 0.3 is 0 Å². The monoisotopic (exact) mass is 1840 g/mol. The van der Waals surface area contributed by atoms with E-state index in [1.807, 2.05) is 18.2 Å². The first-order valence-corrected chi connectivity index (χ1v) is 50.3.